The third kappa shape index (κ3) is 3.27. The first-order valence-electron chi connectivity index (χ1n) is 8.44. The first kappa shape index (κ1) is 17.8. The molecule has 0 fully saturated rings. The molecule has 0 saturated heterocycles. The molecule has 0 saturated carbocycles. The molecule has 4 rings (SSSR count). The molecule has 27 heavy (non-hydrogen) atoms. The zero-order valence-corrected chi connectivity index (χ0v) is 15.3. The van der Waals surface area contributed by atoms with Crippen LogP contribution in [0.2, 0.25) is 0 Å². The third-order valence-corrected chi connectivity index (χ3v) is 6.11. The number of fused-ring (bicyclic) bond motifs is 1. The van der Waals surface area contributed by atoms with E-state index in [0.717, 1.165) is 22.8 Å². The minimum absolute atomic E-state index is 0.160. The second-order valence-electron chi connectivity index (χ2n) is 6.64. The monoisotopic (exact) mass is 387 g/mol. The van der Waals surface area contributed by atoms with E-state index in [4.69, 9.17) is 0 Å². The number of nitrogens with zero attached hydrogens (tertiary/aromatic N) is 2. The summed E-state index contributed by atoms with van der Waals surface area (Å²) in [6.07, 6.45) is 2.74. The predicted octanol–water partition coefficient (Wildman–Crippen LogP) is 2.26. The van der Waals surface area contributed by atoms with E-state index in [2.05, 4.69) is 9.82 Å². The van der Waals surface area contributed by atoms with Gasteiger partial charge in [0.1, 0.15) is 11.5 Å². The molecule has 3 aromatic rings. The second kappa shape index (κ2) is 6.56. The normalized spacial score (nSPS) is 19.2. The Morgan fingerprint density at radius 2 is 2.04 bits per heavy atom. The summed E-state index contributed by atoms with van der Waals surface area (Å²) in [5.41, 5.74) is 2.65. The lowest BCUT2D eigenvalue weighted by Gasteiger charge is -2.18. The maximum atomic E-state index is 14.5. The molecular formula is C19H18FN3O3S. The van der Waals surface area contributed by atoms with Gasteiger partial charge in [-0.1, -0.05) is 24.3 Å². The van der Waals surface area contributed by atoms with Crippen molar-refractivity contribution in [3.63, 3.8) is 0 Å². The highest BCUT2D eigenvalue weighted by Crippen LogP contribution is 2.32. The minimum Gasteiger partial charge on any atom is -0.391 e. The highest BCUT2D eigenvalue weighted by atomic mass is 32.2. The molecule has 0 spiro atoms. The smallest absolute Gasteiger partial charge is 0.241 e. The molecule has 0 amide bonds. The number of aryl methyl sites for hydroxylation is 1. The average molecular weight is 387 g/mol. The molecule has 0 aliphatic heterocycles. The first-order chi connectivity index (χ1) is 12.8. The number of hydrogen-bond acceptors (Lipinski definition) is 4. The quantitative estimate of drug-likeness (QED) is 0.719. The summed E-state index contributed by atoms with van der Waals surface area (Å²) >= 11 is 0. The highest BCUT2D eigenvalue weighted by Gasteiger charge is 2.34. The molecule has 2 atom stereocenters. The van der Waals surface area contributed by atoms with E-state index in [1.165, 1.54) is 16.8 Å². The van der Waals surface area contributed by atoms with E-state index in [1.807, 2.05) is 19.1 Å². The summed E-state index contributed by atoms with van der Waals surface area (Å²) in [4.78, 5) is -0.204. The Morgan fingerprint density at radius 3 is 2.74 bits per heavy atom. The summed E-state index contributed by atoms with van der Waals surface area (Å²) in [7, 11) is -4.02. The van der Waals surface area contributed by atoms with Gasteiger partial charge in [-0.05, 0) is 41.8 Å². The number of nitrogens with one attached hydrogen (secondary N) is 1. The van der Waals surface area contributed by atoms with Crippen molar-refractivity contribution in [2.45, 2.75) is 30.4 Å². The van der Waals surface area contributed by atoms with E-state index < -0.39 is 28.0 Å². The maximum Gasteiger partial charge on any atom is 0.241 e. The van der Waals surface area contributed by atoms with Gasteiger partial charge in [-0.15, -0.1) is 0 Å². The Kier molecular flexibility index (Phi) is 4.33. The van der Waals surface area contributed by atoms with Crippen molar-refractivity contribution < 1.29 is 17.9 Å². The van der Waals surface area contributed by atoms with Gasteiger partial charge >= 0.3 is 0 Å². The number of benzene rings is 2. The van der Waals surface area contributed by atoms with Gasteiger partial charge in [-0.2, -0.15) is 5.10 Å². The number of aliphatic hydroxyl groups excluding tert-OH is 1. The van der Waals surface area contributed by atoms with Crippen molar-refractivity contribution >= 4 is 10.0 Å². The van der Waals surface area contributed by atoms with E-state index in [-0.39, 0.29) is 10.6 Å². The zero-order valence-electron chi connectivity index (χ0n) is 14.5. The molecule has 0 bridgehead atoms. The van der Waals surface area contributed by atoms with Crippen molar-refractivity contribution in [2.24, 2.45) is 0 Å². The zero-order chi connectivity index (χ0) is 19.2. The molecule has 6 nitrogen and oxygen atoms in total. The van der Waals surface area contributed by atoms with E-state index in [9.17, 15) is 17.9 Å². The molecular weight excluding hydrogens is 369 g/mol. The minimum atomic E-state index is -4.02. The fraction of sp³-hybridized carbons (Fsp3) is 0.211. The van der Waals surface area contributed by atoms with Crippen LogP contribution in [-0.4, -0.2) is 29.4 Å². The lowest BCUT2D eigenvalue weighted by Crippen LogP contribution is -2.34. The van der Waals surface area contributed by atoms with Gasteiger partial charge in [0.15, 0.2) is 0 Å². The van der Waals surface area contributed by atoms with Gasteiger partial charge in [0.25, 0.3) is 0 Å². The fourth-order valence-electron chi connectivity index (χ4n) is 3.34. The van der Waals surface area contributed by atoms with Crippen LogP contribution in [0.1, 0.15) is 22.7 Å². The molecule has 2 N–H and O–H groups in total. The fourth-order valence-corrected chi connectivity index (χ4v) is 4.60. The summed E-state index contributed by atoms with van der Waals surface area (Å²) < 4.78 is 43.8. The van der Waals surface area contributed by atoms with Crippen LogP contribution < -0.4 is 4.72 Å². The number of halogens is 1. The molecule has 1 aliphatic rings. The lowest BCUT2D eigenvalue weighted by molar-refractivity contribution is 0.151. The van der Waals surface area contributed by atoms with Crippen LogP contribution in [-0.2, 0) is 16.4 Å². The Labute approximate surface area is 156 Å². The molecule has 0 unspecified atom stereocenters. The topological polar surface area (TPSA) is 84.2 Å². The standard InChI is InChI=1S/C19H18FN3O3S/c1-12-10-21-23(11-12)17-7-6-14(9-16(17)20)27(25,26)22-19-15-5-3-2-4-13(15)8-18(19)24/h2-7,9-11,18-19,22,24H,8H2,1H3/t18-,19+/m1/s1. The summed E-state index contributed by atoms with van der Waals surface area (Å²) in [6.45, 7) is 1.83. The van der Waals surface area contributed by atoms with Gasteiger partial charge in [-0.3, -0.25) is 0 Å². The Balaban J connectivity index is 1.64. The molecule has 1 aromatic heterocycles. The van der Waals surface area contributed by atoms with Crippen LogP contribution in [0.3, 0.4) is 0 Å². The number of sulfonamides is 1. The molecule has 1 aliphatic carbocycles. The SMILES string of the molecule is Cc1cnn(-c2ccc(S(=O)(=O)N[C@H]3c4ccccc4C[C@H]3O)cc2F)c1. The summed E-state index contributed by atoms with van der Waals surface area (Å²) in [5, 5.41) is 14.3. The second-order valence-corrected chi connectivity index (χ2v) is 8.36. The average Bonchev–Trinajstić information content (AvgIpc) is 3.18. The summed E-state index contributed by atoms with van der Waals surface area (Å²) in [6, 6.07) is 10.2. The van der Waals surface area contributed by atoms with E-state index in [0.29, 0.717) is 6.42 Å². The van der Waals surface area contributed by atoms with Crippen LogP contribution in [0.15, 0.2) is 59.8 Å². The molecule has 8 heteroatoms. The number of aromatic nitrogens is 2. The first-order valence-corrected chi connectivity index (χ1v) is 9.93. The Bertz CT molecular complexity index is 1110. The molecule has 2 aromatic carbocycles. The lowest BCUT2D eigenvalue weighted by atomic mass is 10.1. The van der Waals surface area contributed by atoms with E-state index >= 15 is 0 Å². The van der Waals surface area contributed by atoms with Crippen molar-refractivity contribution in [1.29, 1.82) is 0 Å². The third-order valence-electron chi connectivity index (χ3n) is 4.67. The van der Waals surface area contributed by atoms with Crippen LogP contribution >= 0.6 is 0 Å². The number of rotatable bonds is 4. The number of hydrogen-bond donors (Lipinski definition) is 2. The van der Waals surface area contributed by atoms with Crippen LogP contribution in [0.4, 0.5) is 4.39 Å². The van der Waals surface area contributed by atoms with E-state index in [1.54, 1.807) is 24.5 Å². The van der Waals surface area contributed by atoms with Crippen LogP contribution in [0.5, 0.6) is 0 Å². The van der Waals surface area contributed by atoms with Gasteiger partial charge in [0.2, 0.25) is 10.0 Å². The predicted molar refractivity (Wildman–Crippen MR) is 97.5 cm³/mol. The van der Waals surface area contributed by atoms with Crippen molar-refractivity contribution in [3.05, 3.63) is 77.4 Å². The van der Waals surface area contributed by atoms with Gasteiger partial charge in [-0.25, -0.2) is 22.2 Å². The number of aliphatic hydroxyl groups is 1. The molecule has 140 valence electrons. The highest BCUT2D eigenvalue weighted by molar-refractivity contribution is 7.89. The Hall–Kier alpha value is -2.55. The van der Waals surface area contributed by atoms with Crippen molar-refractivity contribution in [2.75, 3.05) is 0 Å². The Morgan fingerprint density at radius 1 is 1.26 bits per heavy atom. The maximum absolute atomic E-state index is 14.5. The van der Waals surface area contributed by atoms with Crippen molar-refractivity contribution in [3.8, 4) is 5.69 Å². The molecule has 0 radical (unpaired) electrons. The van der Waals surface area contributed by atoms with Gasteiger partial charge in [0.05, 0.1) is 23.2 Å². The van der Waals surface area contributed by atoms with Gasteiger partial charge < -0.3 is 5.11 Å². The van der Waals surface area contributed by atoms with Crippen LogP contribution in [0, 0.1) is 12.7 Å². The summed E-state index contributed by atoms with van der Waals surface area (Å²) in [5.74, 6) is -0.701. The van der Waals surface area contributed by atoms with Crippen molar-refractivity contribution in [1.82, 2.24) is 14.5 Å². The van der Waals surface area contributed by atoms with Crippen LogP contribution in [0.25, 0.3) is 5.69 Å². The largest absolute Gasteiger partial charge is 0.391 e. The molecule has 1 heterocycles. The van der Waals surface area contributed by atoms with Gasteiger partial charge in [0, 0.05) is 12.6 Å².